The zero-order valence-corrected chi connectivity index (χ0v) is 16.3. The minimum Gasteiger partial charge on any atom is -0.505 e. The summed E-state index contributed by atoms with van der Waals surface area (Å²) >= 11 is 0. The lowest BCUT2D eigenvalue weighted by molar-refractivity contribution is -0.137. The van der Waals surface area contributed by atoms with Crippen LogP contribution in [0.1, 0.15) is 53.9 Å². The van der Waals surface area contributed by atoms with Crippen LogP contribution >= 0.6 is 0 Å². The van der Waals surface area contributed by atoms with E-state index in [4.69, 9.17) is 0 Å². The van der Waals surface area contributed by atoms with Crippen LogP contribution in [-0.2, 0) is 17.5 Å². The molecule has 0 atom stereocenters. The third-order valence-electron chi connectivity index (χ3n) is 4.13. The predicted molar refractivity (Wildman–Crippen MR) is 97.8 cm³/mol. The van der Waals surface area contributed by atoms with Gasteiger partial charge in [0, 0.05) is 11.5 Å². The Hall–Kier alpha value is -3.24. The fraction of sp³-hybridized carbons (Fsp3) is 0.368. The average molecular weight is 429 g/mol. The Kier molecular flexibility index (Phi) is 6.63. The first-order chi connectivity index (χ1) is 13.8. The molecular weight excluding hydrogens is 410 g/mol. The second kappa shape index (κ2) is 8.64. The SMILES string of the molecule is CC(=O)CNC(=O)c1c(O)c(C(C)C)nn(Cc2ccc(C(F)(F)F)cc2F)c1=O. The van der Waals surface area contributed by atoms with Crippen LogP contribution in [0, 0.1) is 5.82 Å². The Bertz CT molecular complexity index is 1050. The van der Waals surface area contributed by atoms with Crippen molar-refractivity contribution in [3.05, 3.63) is 56.8 Å². The van der Waals surface area contributed by atoms with Crippen molar-refractivity contribution in [2.45, 2.75) is 39.4 Å². The van der Waals surface area contributed by atoms with E-state index in [1.165, 1.54) is 6.92 Å². The number of Topliss-reactive ketones (excluding diaryl/α,β-unsaturated/α-hetero) is 1. The van der Waals surface area contributed by atoms with Gasteiger partial charge in [0.15, 0.2) is 5.75 Å². The summed E-state index contributed by atoms with van der Waals surface area (Å²) in [6, 6.07) is 1.82. The number of carbonyl (C=O) groups is 2. The minimum absolute atomic E-state index is 0.0464. The number of benzene rings is 1. The Labute approximate surface area is 168 Å². The molecule has 11 heteroatoms. The number of rotatable bonds is 6. The quantitative estimate of drug-likeness (QED) is 0.688. The molecule has 2 rings (SSSR count). The number of alkyl halides is 3. The zero-order chi connectivity index (χ0) is 22.8. The number of aromatic hydroxyl groups is 1. The topological polar surface area (TPSA) is 101 Å². The van der Waals surface area contributed by atoms with Gasteiger partial charge in [0.25, 0.3) is 11.5 Å². The Morgan fingerprint density at radius 1 is 1.27 bits per heavy atom. The number of hydrogen-bond donors (Lipinski definition) is 2. The van der Waals surface area contributed by atoms with Crippen molar-refractivity contribution < 1.29 is 32.3 Å². The number of aromatic nitrogens is 2. The number of nitrogens with zero attached hydrogens (tertiary/aromatic N) is 2. The summed E-state index contributed by atoms with van der Waals surface area (Å²) in [5, 5.41) is 16.4. The summed E-state index contributed by atoms with van der Waals surface area (Å²) in [4.78, 5) is 36.1. The Morgan fingerprint density at radius 3 is 2.40 bits per heavy atom. The third kappa shape index (κ3) is 5.02. The Balaban J connectivity index is 2.54. The number of hydrogen-bond acceptors (Lipinski definition) is 5. The second-order valence-corrected chi connectivity index (χ2v) is 6.91. The van der Waals surface area contributed by atoms with E-state index < -0.39 is 58.6 Å². The van der Waals surface area contributed by atoms with Gasteiger partial charge in [-0.15, -0.1) is 0 Å². The van der Waals surface area contributed by atoms with Crippen molar-refractivity contribution in [3.63, 3.8) is 0 Å². The van der Waals surface area contributed by atoms with E-state index in [9.17, 15) is 37.1 Å². The number of ketones is 1. The van der Waals surface area contributed by atoms with Gasteiger partial charge in [0.2, 0.25) is 0 Å². The van der Waals surface area contributed by atoms with Gasteiger partial charge >= 0.3 is 6.18 Å². The molecule has 2 N–H and O–H groups in total. The summed E-state index contributed by atoms with van der Waals surface area (Å²) in [6.45, 7) is 3.48. The predicted octanol–water partition coefficient (Wildman–Crippen LogP) is 2.60. The summed E-state index contributed by atoms with van der Waals surface area (Å²) in [5.74, 6) is -3.76. The molecule has 7 nitrogen and oxygen atoms in total. The molecule has 30 heavy (non-hydrogen) atoms. The molecule has 0 saturated heterocycles. The lowest BCUT2D eigenvalue weighted by Gasteiger charge is -2.15. The van der Waals surface area contributed by atoms with Gasteiger partial charge in [-0.2, -0.15) is 18.3 Å². The first-order valence-electron chi connectivity index (χ1n) is 8.80. The molecule has 0 unspecified atom stereocenters. The maximum atomic E-state index is 14.2. The molecule has 0 saturated carbocycles. The van der Waals surface area contributed by atoms with Crippen molar-refractivity contribution in [1.82, 2.24) is 15.1 Å². The molecule has 1 amide bonds. The molecule has 2 aromatic rings. The van der Waals surface area contributed by atoms with Gasteiger partial charge in [0.1, 0.15) is 22.9 Å². The standard InChI is InChI=1S/C19H19F4N3O4/c1-9(2)15-16(28)14(17(29)24-7-10(3)27)18(30)26(25-15)8-11-4-5-12(6-13(11)20)19(21,22)23/h4-6,9,28H,7-8H2,1-3H3,(H,24,29). The van der Waals surface area contributed by atoms with Crippen LogP contribution in [0.15, 0.2) is 23.0 Å². The van der Waals surface area contributed by atoms with E-state index in [1.807, 2.05) is 0 Å². The first-order valence-corrected chi connectivity index (χ1v) is 8.80. The normalized spacial score (nSPS) is 11.6. The van der Waals surface area contributed by atoms with E-state index in [0.717, 1.165) is 6.07 Å². The molecule has 0 fully saturated rings. The summed E-state index contributed by atoms with van der Waals surface area (Å²) < 4.78 is 53.0. The van der Waals surface area contributed by atoms with Gasteiger partial charge in [-0.3, -0.25) is 14.4 Å². The molecule has 0 aliphatic carbocycles. The highest BCUT2D eigenvalue weighted by Crippen LogP contribution is 2.30. The van der Waals surface area contributed by atoms with Gasteiger partial charge in [-0.05, 0) is 19.1 Å². The molecule has 0 radical (unpaired) electrons. The molecular formula is C19H19F4N3O4. The molecule has 0 aliphatic rings. The third-order valence-corrected chi connectivity index (χ3v) is 4.13. The van der Waals surface area contributed by atoms with Crippen LogP contribution in [-0.4, -0.2) is 33.1 Å². The van der Waals surface area contributed by atoms with Crippen molar-refractivity contribution in [2.24, 2.45) is 0 Å². The molecule has 0 bridgehead atoms. The molecule has 0 spiro atoms. The van der Waals surface area contributed by atoms with Gasteiger partial charge < -0.3 is 10.4 Å². The minimum atomic E-state index is -4.74. The van der Waals surface area contributed by atoms with Crippen LogP contribution in [0.3, 0.4) is 0 Å². The molecule has 0 aliphatic heterocycles. The second-order valence-electron chi connectivity index (χ2n) is 6.91. The maximum absolute atomic E-state index is 14.2. The molecule has 162 valence electrons. The van der Waals surface area contributed by atoms with E-state index in [-0.39, 0.29) is 17.8 Å². The van der Waals surface area contributed by atoms with Crippen LogP contribution in [0.4, 0.5) is 17.6 Å². The number of nitrogens with one attached hydrogen (secondary N) is 1. The fourth-order valence-electron chi connectivity index (χ4n) is 2.59. The van der Waals surface area contributed by atoms with Crippen LogP contribution in [0.25, 0.3) is 0 Å². The van der Waals surface area contributed by atoms with Crippen LogP contribution < -0.4 is 10.9 Å². The molecule has 1 heterocycles. The van der Waals surface area contributed by atoms with Crippen molar-refractivity contribution in [1.29, 1.82) is 0 Å². The Morgan fingerprint density at radius 2 is 1.90 bits per heavy atom. The van der Waals surface area contributed by atoms with Gasteiger partial charge in [-0.1, -0.05) is 19.9 Å². The highest BCUT2D eigenvalue weighted by molar-refractivity contribution is 5.98. The van der Waals surface area contributed by atoms with Gasteiger partial charge in [0.05, 0.1) is 18.7 Å². The van der Waals surface area contributed by atoms with E-state index in [0.29, 0.717) is 16.8 Å². The van der Waals surface area contributed by atoms with E-state index in [2.05, 4.69) is 10.4 Å². The van der Waals surface area contributed by atoms with E-state index >= 15 is 0 Å². The maximum Gasteiger partial charge on any atom is 0.416 e. The largest absolute Gasteiger partial charge is 0.505 e. The highest BCUT2D eigenvalue weighted by atomic mass is 19.4. The van der Waals surface area contributed by atoms with E-state index in [1.54, 1.807) is 13.8 Å². The highest BCUT2D eigenvalue weighted by Gasteiger charge is 2.31. The lowest BCUT2D eigenvalue weighted by Crippen LogP contribution is -2.37. The average Bonchev–Trinajstić information content (AvgIpc) is 2.62. The lowest BCUT2D eigenvalue weighted by atomic mass is 10.1. The first kappa shape index (κ1) is 23.0. The summed E-state index contributed by atoms with van der Waals surface area (Å²) in [6.07, 6.45) is -4.74. The fourth-order valence-corrected chi connectivity index (χ4v) is 2.59. The number of halogens is 4. The van der Waals surface area contributed by atoms with Gasteiger partial charge in [-0.25, -0.2) is 9.07 Å². The van der Waals surface area contributed by atoms with Crippen molar-refractivity contribution in [2.75, 3.05) is 6.54 Å². The summed E-state index contributed by atoms with van der Waals surface area (Å²) in [7, 11) is 0. The van der Waals surface area contributed by atoms with Crippen LogP contribution in [0.2, 0.25) is 0 Å². The zero-order valence-electron chi connectivity index (χ0n) is 16.3. The monoisotopic (exact) mass is 429 g/mol. The summed E-state index contributed by atoms with van der Waals surface area (Å²) in [5.41, 5.74) is -3.29. The smallest absolute Gasteiger partial charge is 0.416 e. The number of amides is 1. The van der Waals surface area contributed by atoms with Crippen molar-refractivity contribution >= 4 is 11.7 Å². The van der Waals surface area contributed by atoms with Crippen LogP contribution in [0.5, 0.6) is 5.75 Å². The molecule has 1 aromatic heterocycles. The number of carbonyl (C=O) groups excluding carboxylic acids is 2. The molecule has 1 aromatic carbocycles. The van der Waals surface area contributed by atoms with Crippen molar-refractivity contribution in [3.8, 4) is 5.75 Å².